The number of nitrogens with zero attached hydrogens (tertiary/aromatic N) is 1. The van der Waals surface area contributed by atoms with Gasteiger partial charge in [-0.3, -0.25) is 0 Å². The Bertz CT molecular complexity index is 1180. The number of hydrogen-bond donors (Lipinski definition) is 5. The lowest BCUT2D eigenvalue weighted by atomic mass is 9.99. The van der Waals surface area contributed by atoms with Gasteiger partial charge in [-0.2, -0.15) is 0 Å². The van der Waals surface area contributed by atoms with E-state index in [0.29, 0.717) is 12.4 Å². The maximum absolute atomic E-state index is 6.56. The van der Waals surface area contributed by atoms with Crippen LogP contribution in [0.15, 0.2) is 78.2 Å². The number of H-pyrrole nitrogens is 2. The van der Waals surface area contributed by atoms with E-state index in [1.165, 1.54) is 5.39 Å². The molecule has 0 spiro atoms. The number of aromatic nitrogens is 2. The van der Waals surface area contributed by atoms with Crippen LogP contribution in [-0.4, -0.2) is 21.6 Å². The van der Waals surface area contributed by atoms with Gasteiger partial charge in [-0.05, 0) is 59.5 Å². The zero-order chi connectivity index (χ0) is 18.3. The Morgan fingerprint density at radius 1 is 0.926 bits per heavy atom. The first-order chi connectivity index (χ1) is 13.2. The Morgan fingerprint density at radius 3 is 2.48 bits per heavy atom. The van der Waals surface area contributed by atoms with Crippen LogP contribution in [-0.2, 0) is 6.42 Å². The highest BCUT2D eigenvalue weighted by Crippen LogP contribution is 2.22. The first-order valence-electron chi connectivity index (χ1n) is 8.90. The van der Waals surface area contributed by atoms with Crippen molar-refractivity contribution in [3.05, 3.63) is 78.8 Å². The van der Waals surface area contributed by atoms with Gasteiger partial charge in [0.1, 0.15) is 5.66 Å². The molecule has 0 saturated carbocycles. The minimum absolute atomic E-state index is 0.619. The molecule has 5 rings (SSSR count). The summed E-state index contributed by atoms with van der Waals surface area (Å²) in [6.07, 6.45) is 8.24. The summed E-state index contributed by atoms with van der Waals surface area (Å²) in [4.78, 5) is 11.1. The molecule has 0 fully saturated rings. The predicted octanol–water partition coefficient (Wildman–Crippen LogP) is 3.43. The standard InChI is InChI=1S/C21H20N6/c22-21(13-14-1-3-18-15(11-14)5-8-23-18)7-10-25-20(27-21)26-17-2-4-19-16(12-17)6-9-24-19/h1-12,23-24H,13,22H2,(H2,25,26,27). The molecule has 3 heterocycles. The van der Waals surface area contributed by atoms with Gasteiger partial charge in [-0.25, -0.2) is 4.99 Å². The molecular formula is C21H20N6. The van der Waals surface area contributed by atoms with Gasteiger partial charge in [0.2, 0.25) is 5.96 Å². The Morgan fingerprint density at radius 2 is 1.67 bits per heavy atom. The second-order valence-electron chi connectivity index (χ2n) is 6.91. The van der Waals surface area contributed by atoms with Crippen molar-refractivity contribution in [2.24, 2.45) is 10.7 Å². The van der Waals surface area contributed by atoms with Gasteiger partial charge in [-0.15, -0.1) is 0 Å². The zero-order valence-corrected chi connectivity index (χ0v) is 14.7. The van der Waals surface area contributed by atoms with Gasteiger partial charge in [0.25, 0.3) is 0 Å². The van der Waals surface area contributed by atoms with Crippen molar-refractivity contribution >= 4 is 33.5 Å². The van der Waals surface area contributed by atoms with Crippen LogP contribution in [0.4, 0.5) is 5.69 Å². The van der Waals surface area contributed by atoms with E-state index in [2.05, 4.69) is 50.9 Å². The summed E-state index contributed by atoms with van der Waals surface area (Å²) < 4.78 is 0. The number of aliphatic imine (C=N–C) groups is 1. The highest BCUT2D eigenvalue weighted by atomic mass is 15.2. The van der Waals surface area contributed by atoms with E-state index in [0.717, 1.165) is 27.7 Å². The average molecular weight is 356 g/mol. The highest BCUT2D eigenvalue weighted by molar-refractivity contribution is 5.97. The van der Waals surface area contributed by atoms with Crippen LogP contribution in [0.5, 0.6) is 0 Å². The van der Waals surface area contributed by atoms with Crippen molar-refractivity contribution in [1.29, 1.82) is 0 Å². The monoisotopic (exact) mass is 356 g/mol. The van der Waals surface area contributed by atoms with E-state index in [1.54, 1.807) is 0 Å². The molecule has 1 atom stereocenters. The fourth-order valence-corrected chi connectivity index (χ4v) is 3.51. The fourth-order valence-electron chi connectivity index (χ4n) is 3.51. The second-order valence-corrected chi connectivity index (χ2v) is 6.91. The van der Waals surface area contributed by atoms with Gasteiger partial charge in [-0.1, -0.05) is 6.07 Å². The molecule has 6 heteroatoms. The van der Waals surface area contributed by atoms with Crippen LogP contribution in [0.3, 0.4) is 0 Å². The maximum atomic E-state index is 6.56. The molecule has 1 aliphatic heterocycles. The van der Waals surface area contributed by atoms with E-state index in [4.69, 9.17) is 10.7 Å². The lowest BCUT2D eigenvalue weighted by Gasteiger charge is -2.27. The number of nitrogens with one attached hydrogen (secondary N) is 4. The minimum Gasteiger partial charge on any atom is -0.361 e. The van der Waals surface area contributed by atoms with Crippen LogP contribution in [0, 0.1) is 0 Å². The van der Waals surface area contributed by atoms with E-state index < -0.39 is 5.66 Å². The summed E-state index contributed by atoms with van der Waals surface area (Å²) >= 11 is 0. The van der Waals surface area contributed by atoms with E-state index in [-0.39, 0.29) is 0 Å². The SMILES string of the molecule is NC1(Cc2ccc3[nH]ccc3c2)C=CNC(Nc2ccc3[nH]ccc3c2)=N1. The predicted molar refractivity (Wildman–Crippen MR) is 111 cm³/mol. The third-order valence-corrected chi connectivity index (χ3v) is 4.83. The molecule has 0 saturated heterocycles. The van der Waals surface area contributed by atoms with Crippen molar-refractivity contribution in [3.8, 4) is 0 Å². The normalized spacial score (nSPS) is 19.2. The van der Waals surface area contributed by atoms with Crippen LogP contribution in [0.25, 0.3) is 21.8 Å². The fraction of sp³-hybridized carbons (Fsp3) is 0.0952. The maximum Gasteiger partial charge on any atom is 0.202 e. The van der Waals surface area contributed by atoms with Crippen LogP contribution >= 0.6 is 0 Å². The third kappa shape index (κ3) is 3.07. The number of aromatic amines is 2. The molecule has 6 nitrogen and oxygen atoms in total. The summed E-state index contributed by atoms with van der Waals surface area (Å²) in [6, 6.07) is 16.6. The molecule has 1 aliphatic rings. The molecule has 0 bridgehead atoms. The third-order valence-electron chi connectivity index (χ3n) is 4.83. The highest BCUT2D eigenvalue weighted by Gasteiger charge is 2.25. The molecule has 0 radical (unpaired) electrons. The van der Waals surface area contributed by atoms with E-state index in [9.17, 15) is 0 Å². The second kappa shape index (κ2) is 6.03. The van der Waals surface area contributed by atoms with E-state index >= 15 is 0 Å². The molecule has 6 N–H and O–H groups in total. The smallest absolute Gasteiger partial charge is 0.202 e. The Hall–Kier alpha value is -3.51. The molecule has 1 unspecified atom stereocenters. The zero-order valence-electron chi connectivity index (χ0n) is 14.7. The molecular weight excluding hydrogens is 336 g/mol. The summed E-state index contributed by atoms with van der Waals surface area (Å²) in [6.45, 7) is 0. The molecule has 27 heavy (non-hydrogen) atoms. The lowest BCUT2D eigenvalue weighted by molar-refractivity contribution is 0.543. The minimum atomic E-state index is -0.796. The number of hydrogen-bond acceptors (Lipinski definition) is 4. The Kier molecular flexibility index (Phi) is 3.51. The Balaban J connectivity index is 1.39. The first-order valence-corrected chi connectivity index (χ1v) is 8.90. The quantitative estimate of drug-likeness (QED) is 0.389. The van der Waals surface area contributed by atoms with Crippen LogP contribution in [0.1, 0.15) is 5.56 Å². The van der Waals surface area contributed by atoms with Crippen molar-refractivity contribution in [2.45, 2.75) is 12.1 Å². The average Bonchev–Trinajstić information content (AvgIpc) is 3.29. The van der Waals surface area contributed by atoms with Gasteiger partial charge in [0.15, 0.2) is 0 Å². The number of guanidine groups is 1. The van der Waals surface area contributed by atoms with Crippen LogP contribution in [0.2, 0.25) is 0 Å². The van der Waals surface area contributed by atoms with Crippen molar-refractivity contribution in [2.75, 3.05) is 5.32 Å². The molecule has 2 aromatic carbocycles. The van der Waals surface area contributed by atoms with Crippen LogP contribution < -0.4 is 16.4 Å². The molecule has 2 aromatic heterocycles. The Labute approximate surface area is 156 Å². The first kappa shape index (κ1) is 15.7. The van der Waals surface area contributed by atoms with Gasteiger partial charge in [0, 0.05) is 47.1 Å². The molecule has 0 aliphatic carbocycles. The molecule has 134 valence electrons. The number of fused-ring (bicyclic) bond motifs is 2. The van der Waals surface area contributed by atoms with Gasteiger partial charge >= 0.3 is 0 Å². The number of rotatable bonds is 3. The van der Waals surface area contributed by atoms with Gasteiger partial charge < -0.3 is 26.3 Å². The number of nitrogens with two attached hydrogens (primary N) is 1. The van der Waals surface area contributed by atoms with Gasteiger partial charge in [0.05, 0.1) is 0 Å². The molecule has 0 amide bonds. The number of benzene rings is 2. The lowest BCUT2D eigenvalue weighted by Crippen LogP contribution is -2.45. The van der Waals surface area contributed by atoms with Crippen molar-refractivity contribution in [1.82, 2.24) is 15.3 Å². The van der Waals surface area contributed by atoms with E-state index in [1.807, 2.05) is 42.9 Å². The summed E-state index contributed by atoms with van der Waals surface area (Å²) in [5.41, 5.74) is 10.1. The summed E-state index contributed by atoms with van der Waals surface area (Å²) in [7, 11) is 0. The van der Waals surface area contributed by atoms with Crippen molar-refractivity contribution in [3.63, 3.8) is 0 Å². The molecule has 4 aromatic rings. The summed E-state index contributed by atoms with van der Waals surface area (Å²) in [5, 5.41) is 8.78. The topological polar surface area (TPSA) is 94.0 Å². The largest absolute Gasteiger partial charge is 0.361 e. The van der Waals surface area contributed by atoms with Crippen molar-refractivity contribution < 1.29 is 0 Å². The summed E-state index contributed by atoms with van der Waals surface area (Å²) in [5.74, 6) is 0.637. The number of anilines is 1.